The Morgan fingerprint density at radius 1 is 1.33 bits per heavy atom. The molecule has 6 heteroatoms. The molecule has 0 amide bonds. The number of hydrogen-bond acceptors (Lipinski definition) is 4. The molecule has 164 valence electrons. The van der Waals surface area contributed by atoms with E-state index in [9.17, 15) is 15.3 Å². The van der Waals surface area contributed by atoms with Gasteiger partial charge >= 0.3 is 0 Å². The predicted octanol–water partition coefficient (Wildman–Crippen LogP) is 6.04. The van der Waals surface area contributed by atoms with Gasteiger partial charge in [0, 0.05) is 11.8 Å². The summed E-state index contributed by atoms with van der Waals surface area (Å²) < 4.78 is 4.88. The van der Waals surface area contributed by atoms with Gasteiger partial charge in [0.2, 0.25) is 0 Å². The van der Waals surface area contributed by atoms with Crippen molar-refractivity contribution >= 4 is 25.7 Å². The molecule has 0 aliphatic heterocycles. The monoisotopic (exact) mass is 447 g/mol. The highest BCUT2D eigenvalue weighted by Gasteiger charge is 2.67. The van der Waals surface area contributed by atoms with E-state index in [2.05, 4.69) is 32.9 Å². The van der Waals surface area contributed by atoms with Crippen LogP contribution in [0, 0.1) is 45.3 Å². The highest BCUT2D eigenvalue weighted by Crippen LogP contribution is 2.70. The van der Waals surface area contributed by atoms with E-state index in [1.54, 1.807) is 0 Å². The molecule has 0 aromatic carbocycles. The summed E-state index contributed by atoms with van der Waals surface area (Å²) in [6, 6.07) is 2.66. The summed E-state index contributed by atoms with van der Waals surface area (Å²) in [7, 11) is -2.64. The lowest BCUT2D eigenvalue weighted by molar-refractivity contribution is -0.153. The zero-order valence-corrected chi connectivity index (χ0v) is 20.6. The van der Waals surface area contributed by atoms with Crippen LogP contribution in [-0.2, 0) is 9.37 Å². The smallest absolute Gasteiger partial charge is 0.251 e. The molecule has 2 fully saturated rings. The topological polar surface area (TPSA) is 70.3 Å². The Balaban J connectivity index is 1.79. The van der Waals surface area contributed by atoms with Crippen LogP contribution in [-0.4, -0.2) is 24.4 Å². The van der Waals surface area contributed by atoms with Crippen LogP contribution in [0.2, 0.25) is 13.1 Å². The maximum absolute atomic E-state index is 12.1. The number of hydrogen-bond donors (Lipinski definition) is 1. The van der Waals surface area contributed by atoms with Gasteiger partial charge in [-0.15, -0.1) is 11.6 Å². The second-order valence-electron chi connectivity index (χ2n) is 11.2. The van der Waals surface area contributed by atoms with Crippen LogP contribution in [0.1, 0.15) is 59.3 Å². The van der Waals surface area contributed by atoms with Crippen LogP contribution in [0.15, 0.2) is 23.3 Å². The highest BCUT2D eigenvalue weighted by atomic mass is 35.5. The number of ketones is 1. The average Bonchev–Trinajstić information content (AvgIpc) is 3.02. The minimum atomic E-state index is -2.64. The van der Waals surface area contributed by atoms with Gasteiger partial charge in [-0.1, -0.05) is 38.0 Å². The van der Waals surface area contributed by atoms with Gasteiger partial charge in [-0.05, 0) is 74.4 Å². The maximum Gasteiger partial charge on any atom is 0.251 e. The zero-order valence-electron chi connectivity index (χ0n) is 18.8. The molecule has 3 unspecified atom stereocenters. The van der Waals surface area contributed by atoms with Gasteiger partial charge in [0.1, 0.15) is 0 Å². The summed E-state index contributed by atoms with van der Waals surface area (Å²) in [6.07, 6.45) is 9.43. The molecule has 4 nitrogen and oxygen atoms in total. The number of nitrogens with zero attached hydrogens (tertiary/aromatic N) is 1. The Morgan fingerprint density at radius 3 is 2.67 bits per heavy atom. The lowest BCUT2D eigenvalue weighted by Crippen LogP contribution is -2.57. The van der Waals surface area contributed by atoms with Crippen molar-refractivity contribution in [2.45, 2.75) is 77.4 Å². The van der Waals surface area contributed by atoms with Crippen molar-refractivity contribution in [3.8, 4) is 6.07 Å². The predicted molar refractivity (Wildman–Crippen MR) is 120 cm³/mol. The second-order valence-corrected chi connectivity index (χ2v) is 16.0. The summed E-state index contributed by atoms with van der Waals surface area (Å²) in [5, 5.41) is 19.5. The van der Waals surface area contributed by atoms with Gasteiger partial charge in [-0.2, -0.15) is 5.26 Å². The summed E-state index contributed by atoms with van der Waals surface area (Å²) in [4.78, 5) is 12.1. The standard InChI is InChI=1S/C24H34ClNO3Si/c1-15-12-17-18(22(2)9-6-16(27)13-20(15)22)7-10-23(3)19(17)8-11-24(23,14-26)21(25)30(4,5)29-28/h7,13,15,17,19,21,28H,6,8-12H2,1-5H3/t15-,17?,19?,21?,22+,23-,24+/m0/s1. The van der Waals surface area contributed by atoms with Crippen molar-refractivity contribution < 1.29 is 14.6 Å². The maximum atomic E-state index is 12.1. The van der Waals surface area contributed by atoms with Crippen LogP contribution in [0.3, 0.4) is 0 Å². The van der Waals surface area contributed by atoms with E-state index in [-0.39, 0.29) is 16.6 Å². The van der Waals surface area contributed by atoms with E-state index in [1.165, 1.54) is 11.1 Å². The molecule has 4 aliphatic carbocycles. The third-order valence-electron chi connectivity index (χ3n) is 9.40. The van der Waals surface area contributed by atoms with Crippen LogP contribution in [0.4, 0.5) is 0 Å². The normalized spacial score (nSPS) is 44.2. The number of allylic oxidation sites excluding steroid dienone is 4. The number of rotatable bonds is 3. The fourth-order valence-electron chi connectivity index (χ4n) is 7.64. The van der Waals surface area contributed by atoms with E-state index in [4.69, 9.17) is 16.2 Å². The molecule has 0 heterocycles. The number of carbonyl (C=O) groups is 1. The van der Waals surface area contributed by atoms with E-state index >= 15 is 0 Å². The minimum Gasteiger partial charge on any atom is -0.295 e. The number of halogens is 1. The molecule has 7 atom stereocenters. The largest absolute Gasteiger partial charge is 0.295 e. The molecule has 0 bridgehead atoms. The first-order valence-corrected chi connectivity index (χ1v) is 14.7. The van der Waals surface area contributed by atoms with Gasteiger partial charge in [0.15, 0.2) is 5.78 Å². The fraction of sp³-hybridized carbons (Fsp3) is 0.750. The first-order valence-electron chi connectivity index (χ1n) is 11.3. The zero-order chi connectivity index (χ0) is 22.1. The van der Waals surface area contributed by atoms with Gasteiger partial charge in [0.05, 0.1) is 16.5 Å². The molecule has 0 radical (unpaired) electrons. The number of nitriles is 1. The SMILES string of the molecule is C[C@H]1CC2C(=CC[C@@]3(C)C2CC[C@@]3(C#N)C(Cl)[Si](C)(C)OO)[C@@]2(C)CCC(=O)C=C12. The van der Waals surface area contributed by atoms with E-state index in [0.717, 1.165) is 32.1 Å². The van der Waals surface area contributed by atoms with Gasteiger partial charge in [-0.3, -0.25) is 14.6 Å². The second kappa shape index (κ2) is 7.03. The first-order chi connectivity index (χ1) is 14.0. The summed E-state index contributed by atoms with van der Waals surface area (Å²) in [6.45, 7) is 10.6. The van der Waals surface area contributed by atoms with E-state index in [0.29, 0.717) is 24.2 Å². The summed E-state index contributed by atoms with van der Waals surface area (Å²) >= 11 is 6.99. The molecule has 30 heavy (non-hydrogen) atoms. The average molecular weight is 448 g/mol. The molecule has 2 saturated carbocycles. The summed E-state index contributed by atoms with van der Waals surface area (Å²) in [5.41, 5.74) is 1.83. The van der Waals surface area contributed by atoms with E-state index in [1.807, 2.05) is 19.2 Å². The van der Waals surface area contributed by atoms with Gasteiger partial charge < -0.3 is 0 Å². The molecule has 0 spiro atoms. The van der Waals surface area contributed by atoms with Crippen molar-refractivity contribution in [1.82, 2.24) is 0 Å². The lowest BCUT2D eigenvalue weighted by atomic mass is 9.48. The van der Waals surface area contributed by atoms with Crippen LogP contribution >= 0.6 is 11.6 Å². The Morgan fingerprint density at radius 2 is 2.03 bits per heavy atom. The van der Waals surface area contributed by atoms with Crippen molar-refractivity contribution in [1.29, 1.82) is 5.26 Å². The molecule has 0 saturated heterocycles. The van der Waals surface area contributed by atoms with Gasteiger partial charge in [0.25, 0.3) is 8.32 Å². The van der Waals surface area contributed by atoms with Crippen molar-refractivity contribution in [2.24, 2.45) is 34.0 Å². The molecular weight excluding hydrogens is 414 g/mol. The number of alkyl halides is 1. The Bertz CT molecular complexity index is 876. The van der Waals surface area contributed by atoms with Crippen LogP contribution in [0.25, 0.3) is 0 Å². The van der Waals surface area contributed by atoms with E-state index < -0.39 is 18.7 Å². The molecule has 0 aromatic rings. The molecular formula is C24H34ClNO3Si. The minimum absolute atomic E-state index is 0.0297. The first kappa shape index (κ1) is 22.3. The van der Waals surface area contributed by atoms with Crippen LogP contribution < -0.4 is 0 Å². The highest BCUT2D eigenvalue weighted by molar-refractivity contribution is 6.79. The summed E-state index contributed by atoms with van der Waals surface area (Å²) in [5.74, 6) is 1.45. The van der Waals surface area contributed by atoms with Crippen molar-refractivity contribution in [2.75, 3.05) is 0 Å². The Labute approximate surface area is 186 Å². The third-order valence-corrected chi connectivity index (χ3v) is 13.5. The quantitative estimate of drug-likeness (QED) is 0.188. The molecule has 4 aliphatic rings. The Kier molecular flexibility index (Phi) is 5.22. The molecule has 4 rings (SSSR count). The molecule has 1 N–H and O–H groups in total. The van der Waals surface area contributed by atoms with Crippen molar-refractivity contribution in [3.05, 3.63) is 23.3 Å². The van der Waals surface area contributed by atoms with Crippen LogP contribution in [0.5, 0.6) is 0 Å². The third kappa shape index (κ3) is 2.73. The number of carbonyl (C=O) groups excluding carboxylic acids is 1. The van der Waals surface area contributed by atoms with Gasteiger partial charge in [-0.25, -0.2) is 0 Å². The van der Waals surface area contributed by atoms with Crippen molar-refractivity contribution in [3.63, 3.8) is 0 Å². The lowest BCUT2D eigenvalue weighted by Gasteiger charge is -2.57. The Hall–Kier alpha value is -0.933. The fourth-order valence-corrected chi connectivity index (χ4v) is 9.98. The molecule has 0 aromatic heterocycles. The number of fused-ring (bicyclic) bond motifs is 5.